The van der Waals surface area contributed by atoms with Gasteiger partial charge in [0, 0.05) is 18.8 Å². The van der Waals surface area contributed by atoms with Crippen molar-refractivity contribution < 1.29 is 4.79 Å². The van der Waals surface area contributed by atoms with Crippen LogP contribution in [0.3, 0.4) is 0 Å². The second-order valence-corrected chi connectivity index (χ2v) is 5.23. The number of carbonyl (C=O) groups is 1. The summed E-state index contributed by atoms with van der Waals surface area (Å²) in [6, 6.07) is 7.75. The molecule has 0 fully saturated rings. The predicted octanol–water partition coefficient (Wildman–Crippen LogP) is 1.99. The quantitative estimate of drug-likeness (QED) is 0.705. The molecule has 1 aromatic carbocycles. The zero-order valence-corrected chi connectivity index (χ0v) is 11.9. The number of rotatable bonds is 8. The molecule has 106 valence electrons. The highest BCUT2D eigenvalue weighted by Gasteiger charge is 2.13. The average Bonchev–Trinajstić information content (AvgIpc) is 2.31. The Morgan fingerprint density at radius 3 is 2.63 bits per heavy atom. The molecule has 4 N–H and O–H groups in total. The van der Waals surface area contributed by atoms with Gasteiger partial charge in [-0.15, -0.1) is 0 Å². The van der Waals surface area contributed by atoms with Gasteiger partial charge in [-0.3, -0.25) is 9.69 Å². The van der Waals surface area contributed by atoms with Crippen molar-refractivity contribution in [1.29, 1.82) is 0 Å². The van der Waals surface area contributed by atoms with E-state index in [4.69, 9.17) is 11.5 Å². The van der Waals surface area contributed by atoms with E-state index in [1.165, 1.54) is 0 Å². The third-order valence-electron chi connectivity index (χ3n) is 3.18. The van der Waals surface area contributed by atoms with Crippen LogP contribution < -0.4 is 11.5 Å². The second-order valence-electron chi connectivity index (χ2n) is 5.23. The smallest absolute Gasteiger partial charge is 0.231 e. The molecule has 19 heavy (non-hydrogen) atoms. The fraction of sp³-hybridized carbons (Fsp3) is 0.533. The summed E-state index contributed by atoms with van der Waals surface area (Å²) < 4.78 is 0. The van der Waals surface area contributed by atoms with Gasteiger partial charge in [0.05, 0.1) is 6.54 Å². The Morgan fingerprint density at radius 2 is 2.05 bits per heavy atom. The van der Waals surface area contributed by atoms with Gasteiger partial charge in [0.15, 0.2) is 0 Å². The molecular weight excluding hydrogens is 238 g/mol. The minimum atomic E-state index is -0.293. The van der Waals surface area contributed by atoms with E-state index in [2.05, 4.69) is 18.7 Å². The standard InChI is InChI=1S/C15H25N3O/c1-3-6-12(2)9-18(11-15(17)19)10-13-7-4-5-8-14(13)16/h4-5,7-8,12H,3,6,9-11,16H2,1-2H3,(H2,17,19). The first-order valence-corrected chi connectivity index (χ1v) is 6.87. The third-order valence-corrected chi connectivity index (χ3v) is 3.18. The lowest BCUT2D eigenvalue weighted by Gasteiger charge is -2.25. The number of nitrogen functional groups attached to an aromatic ring is 1. The van der Waals surface area contributed by atoms with Crippen LogP contribution in [-0.2, 0) is 11.3 Å². The number of carbonyl (C=O) groups excluding carboxylic acids is 1. The lowest BCUT2D eigenvalue weighted by molar-refractivity contribution is -0.119. The number of amides is 1. The van der Waals surface area contributed by atoms with Gasteiger partial charge in [0.25, 0.3) is 0 Å². The summed E-state index contributed by atoms with van der Waals surface area (Å²) in [5, 5.41) is 0. The highest BCUT2D eigenvalue weighted by atomic mass is 16.1. The van der Waals surface area contributed by atoms with E-state index in [1.807, 2.05) is 24.3 Å². The Hall–Kier alpha value is -1.55. The van der Waals surface area contributed by atoms with E-state index in [1.54, 1.807) is 0 Å². The van der Waals surface area contributed by atoms with Crippen molar-refractivity contribution in [2.45, 2.75) is 33.2 Å². The summed E-state index contributed by atoms with van der Waals surface area (Å²) in [6.07, 6.45) is 2.30. The zero-order chi connectivity index (χ0) is 14.3. The normalized spacial score (nSPS) is 12.6. The molecule has 0 aromatic heterocycles. The highest BCUT2D eigenvalue weighted by molar-refractivity contribution is 5.75. The van der Waals surface area contributed by atoms with Crippen LogP contribution in [0.25, 0.3) is 0 Å². The fourth-order valence-electron chi connectivity index (χ4n) is 2.35. The van der Waals surface area contributed by atoms with E-state index in [9.17, 15) is 4.79 Å². The first kappa shape index (κ1) is 15.5. The van der Waals surface area contributed by atoms with E-state index in [-0.39, 0.29) is 12.5 Å². The molecule has 4 heteroatoms. The van der Waals surface area contributed by atoms with Crippen molar-refractivity contribution in [3.05, 3.63) is 29.8 Å². The van der Waals surface area contributed by atoms with Gasteiger partial charge in [-0.25, -0.2) is 0 Å². The Labute approximate surface area is 115 Å². The number of hydrogen-bond acceptors (Lipinski definition) is 3. The molecule has 4 nitrogen and oxygen atoms in total. The van der Waals surface area contributed by atoms with Crippen LogP contribution in [0, 0.1) is 5.92 Å². The maximum atomic E-state index is 11.2. The van der Waals surface area contributed by atoms with Crippen LogP contribution >= 0.6 is 0 Å². The third kappa shape index (κ3) is 5.75. The van der Waals surface area contributed by atoms with Gasteiger partial charge in [-0.1, -0.05) is 38.5 Å². The lowest BCUT2D eigenvalue weighted by Crippen LogP contribution is -2.36. The van der Waals surface area contributed by atoms with Gasteiger partial charge < -0.3 is 11.5 Å². The van der Waals surface area contributed by atoms with E-state index >= 15 is 0 Å². The van der Waals surface area contributed by atoms with E-state index < -0.39 is 0 Å². The zero-order valence-electron chi connectivity index (χ0n) is 11.9. The molecule has 0 bridgehead atoms. The van der Waals surface area contributed by atoms with Crippen molar-refractivity contribution in [3.63, 3.8) is 0 Å². The molecule has 0 saturated heterocycles. The van der Waals surface area contributed by atoms with Gasteiger partial charge in [-0.05, 0) is 24.0 Å². The number of anilines is 1. The monoisotopic (exact) mass is 263 g/mol. The van der Waals surface area contributed by atoms with Gasteiger partial charge in [0.1, 0.15) is 0 Å². The van der Waals surface area contributed by atoms with E-state index in [0.717, 1.165) is 30.6 Å². The Kier molecular flexibility index (Phi) is 6.36. The minimum absolute atomic E-state index is 0.280. The number of primary amides is 1. The molecule has 0 aliphatic heterocycles. The van der Waals surface area contributed by atoms with Crippen molar-refractivity contribution in [3.8, 4) is 0 Å². The number of hydrogen-bond donors (Lipinski definition) is 2. The molecule has 0 saturated carbocycles. The predicted molar refractivity (Wildman–Crippen MR) is 79.4 cm³/mol. The summed E-state index contributed by atoms with van der Waals surface area (Å²) >= 11 is 0. The SMILES string of the molecule is CCCC(C)CN(CC(N)=O)Cc1ccccc1N. The molecule has 0 aliphatic rings. The summed E-state index contributed by atoms with van der Waals surface area (Å²) in [4.78, 5) is 13.3. The molecule has 0 spiro atoms. The summed E-state index contributed by atoms with van der Waals surface area (Å²) in [5.41, 5.74) is 13.1. The number of nitrogens with zero attached hydrogens (tertiary/aromatic N) is 1. The molecule has 1 aromatic rings. The maximum absolute atomic E-state index is 11.2. The molecule has 0 radical (unpaired) electrons. The minimum Gasteiger partial charge on any atom is -0.398 e. The van der Waals surface area contributed by atoms with Crippen LogP contribution in [0.5, 0.6) is 0 Å². The molecule has 0 heterocycles. The van der Waals surface area contributed by atoms with Gasteiger partial charge in [0.2, 0.25) is 5.91 Å². The fourth-order valence-corrected chi connectivity index (χ4v) is 2.35. The second kappa shape index (κ2) is 7.79. The first-order chi connectivity index (χ1) is 9.02. The molecule has 1 unspecified atom stereocenters. The van der Waals surface area contributed by atoms with Gasteiger partial charge in [-0.2, -0.15) is 0 Å². The van der Waals surface area contributed by atoms with Crippen LogP contribution in [0.1, 0.15) is 32.3 Å². The molecule has 1 amide bonds. The van der Waals surface area contributed by atoms with Crippen molar-refractivity contribution in [2.75, 3.05) is 18.8 Å². The maximum Gasteiger partial charge on any atom is 0.231 e. The summed E-state index contributed by atoms with van der Waals surface area (Å²) in [5.74, 6) is 0.257. The van der Waals surface area contributed by atoms with Crippen LogP contribution in [0.4, 0.5) is 5.69 Å². The topological polar surface area (TPSA) is 72.3 Å². The number of para-hydroxylation sites is 1. The Bertz CT molecular complexity index is 406. The Balaban J connectivity index is 2.69. The lowest BCUT2D eigenvalue weighted by atomic mass is 10.0. The van der Waals surface area contributed by atoms with Crippen molar-refractivity contribution in [2.24, 2.45) is 11.7 Å². The molecule has 1 rings (SSSR count). The molecule has 0 aliphatic carbocycles. The van der Waals surface area contributed by atoms with Crippen LogP contribution in [-0.4, -0.2) is 23.9 Å². The first-order valence-electron chi connectivity index (χ1n) is 6.87. The van der Waals surface area contributed by atoms with Crippen LogP contribution in [0.2, 0.25) is 0 Å². The largest absolute Gasteiger partial charge is 0.398 e. The number of benzene rings is 1. The van der Waals surface area contributed by atoms with Gasteiger partial charge >= 0.3 is 0 Å². The van der Waals surface area contributed by atoms with Crippen molar-refractivity contribution in [1.82, 2.24) is 4.90 Å². The summed E-state index contributed by atoms with van der Waals surface area (Å²) in [7, 11) is 0. The highest BCUT2D eigenvalue weighted by Crippen LogP contribution is 2.15. The molecule has 1 atom stereocenters. The number of nitrogens with two attached hydrogens (primary N) is 2. The van der Waals surface area contributed by atoms with Crippen LogP contribution in [0.15, 0.2) is 24.3 Å². The Morgan fingerprint density at radius 1 is 1.37 bits per heavy atom. The summed E-state index contributed by atoms with van der Waals surface area (Å²) in [6.45, 7) is 6.19. The van der Waals surface area contributed by atoms with E-state index in [0.29, 0.717) is 12.5 Å². The van der Waals surface area contributed by atoms with Crippen molar-refractivity contribution >= 4 is 11.6 Å². The molecular formula is C15H25N3O. The average molecular weight is 263 g/mol.